The van der Waals surface area contributed by atoms with E-state index in [9.17, 15) is 4.79 Å². The lowest BCUT2D eigenvalue weighted by Gasteiger charge is -2.60. The molecule has 0 N–H and O–H groups in total. The van der Waals surface area contributed by atoms with Crippen molar-refractivity contribution in [2.24, 2.45) is 11.8 Å². The van der Waals surface area contributed by atoms with Crippen molar-refractivity contribution in [1.29, 1.82) is 0 Å². The van der Waals surface area contributed by atoms with Crippen LogP contribution in [0.4, 0.5) is 0 Å². The number of carbonyl (C=O) groups excluding carboxylic acids is 1. The van der Waals surface area contributed by atoms with Gasteiger partial charge in [-0.1, -0.05) is 6.58 Å². The lowest BCUT2D eigenvalue weighted by atomic mass is 9.52. The Morgan fingerprint density at radius 1 is 1.21 bits per heavy atom. The van der Waals surface area contributed by atoms with Crippen molar-refractivity contribution in [2.75, 3.05) is 13.2 Å². The molecule has 4 saturated carbocycles. The smallest absolute Gasteiger partial charge is 0.333 e. The van der Waals surface area contributed by atoms with Crippen molar-refractivity contribution in [3.05, 3.63) is 12.2 Å². The van der Waals surface area contributed by atoms with E-state index in [2.05, 4.69) is 6.58 Å². The van der Waals surface area contributed by atoms with Gasteiger partial charge in [-0.3, -0.25) is 0 Å². The second-order valence-electron chi connectivity index (χ2n) is 8.77. The molecule has 24 heavy (non-hydrogen) atoms. The lowest BCUT2D eigenvalue weighted by molar-refractivity contribution is -0.232. The first-order valence-electron chi connectivity index (χ1n) is 9.62. The Bertz CT molecular complexity index is 508. The van der Waals surface area contributed by atoms with E-state index in [-0.39, 0.29) is 17.2 Å². The highest BCUT2D eigenvalue weighted by Crippen LogP contribution is 2.60. The van der Waals surface area contributed by atoms with Gasteiger partial charge in [0.25, 0.3) is 0 Å². The molecule has 0 radical (unpaired) electrons. The zero-order chi connectivity index (χ0) is 16.8. The molecule has 5 rings (SSSR count). The van der Waals surface area contributed by atoms with Gasteiger partial charge in [-0.2, -0.15) is 0 Å². The minimum Gasteiger partial charge on any atom is -0.456 e. The van der Waals surface area contributed by atoms with Crippen molar-refractivity contribution in [2.45, 2.75) is 82.0 Å². The van der Waals surface area contributed by atoms with E-state index in [1.165, 1.54) is 12.8 Å². The lowest BCUT2D eigenvalue weighted by Crippen LogP contribution is -2.61. The van der Waals surface area contributed by atoms with Gasteiger partial charge in [0.05, 0.1) is 11.7 Å². The van der Waals surface area contributed by atoms with Crippen LogP contribution in [0, 0.1) is 11.8 Å². The first-order valence-corrected chi connectivity index (χ1v) is 9.62. The van der Waals surface area contributed by atoms with E-state index in [1.807, 2.05) is 0 Å². The standard InChI is InChI=1S/C20H30O4/c1-14(2)18(21)24-20-11-15-8-16(12-20)10-19(9-15,13-20)23-6-3-4-17-5-7-22-17/h15-17H,1,3-13H2,2H3. The van der Waals surface area contributed by atoms with Crippen LogP contribution < -0.4 is 0 Å². The summed E-state index contributed by atoms with van der Waals surface area (Å²) in [7, 11) is 0. The molecule has 1 heterocycles. The summed E-state index contributed by atoms with van der Waals surface area (Å²) in [6, 6.07) is 0. The quantitative estimate of drug-likeness (QED) is 0.404. The molecule has 1 aliphatic heterocycles. The van der Waals surface area contributed by atoms with Gasteiger partial charge in [-0.15, -0.1) is 0 Å². The second-order valence-corrected chi connectivity index (χ2v) is 8.77. The molecule has 5 fully saturated rings. The van der Waals surface area contributed by atoms with E-state index < -0.39 is 0 Å². The van der Waals surface area contributed by atoms with Crippen LogP contribution >= 0.6 is 0 Å². The van der Waals surface area contributed by atoms with Gasteiger partial charge in [0.15, 0.2) is 0 Å². The number of esters is 1. The van der Waals surface area contributed by atoms with Gasteiger partial charge >= 0.3 is 5.97 Å². The molecule has 4 heteroatoms. The van der Waals surface area contributed by atoms with Gasteiger partial charge in [-0.25, -0.2) is 4.79 Å². The number of hydrogen-bond donors (Lipinski definition) is 0. The summed E-state index contributed by atoms with van der Waals surface area (Å²) < 4.78 is 17.9. The van der Waals surface area contributed by atoms with E-state index in [0.29, 0.717) is 23.5 Å². The molecule has 3 unspecified atom stereocenters. The van der Waals surface area contributed by atoms with E-state index in [0.717, 1.165) is 58.2 Å². The van der Waals surface area contributed by atoms with Crippen molar-refractivity contribution >= 4 is 5.97 Å². The van der Waals surface area contributed by atoms with Crippen LogP contribution in [-0.2, 0) is 19.0 Å². The molecule has 0 aromatic rings. The fraction of sp³-hybridized carbons (Fsp3) is 0.850. The molecule has 4 nitrogen and oxygen atoms in total. The Balaban J connectivity index is 1.38. The van der Waals surface area contributed by atoms with Crippen molar-refractivity contribution in [3.8, 4) is 0 Å². The maximum atomic E-state index is 12.1. The molecule has 0 aromatic carbocycles. The Morgan fingerprint density at radius 2 is 1.88 bits per heavy atom. The number of rotatable bonds is 7. The molecule has 0 spiro atoms. The van der Waals surface area contributed by atoms with Gasteiger partial charge in [0, 0.05) is 25.2 Å². The Morgan fingerprint density at radius 3 is 2.46 bits per heavy atom. The number of carbonyl (C=O) groups is 1. The SMILES string of the molecule is C=C(C)C(=O)OC12CC3CC(CC(OCCCC4CCO4)(C3)C1)C2. The summed E-state index contributed by atoms with van der Waals surface area (Å²) in [5.41, 5.74) is 0.151. The monoisotopic (exact) mass is 334 g/mol. The van der Waals surface area contributed by atoms with Crippen LogP contribution in [0.1, 0.15) is 64.7 Å². The molecule has 4 aliphatic carbocycles. The van der Waals surface area contributed by atoms with Crippen molar-refractivity contribution < 1.29 is 19.0 Å². The normalized spacial score (nSPS) is 42.6. The minimum atomic E-state index is -0.294. The molecular weight excluding hydrogens is 304 g/mol. The summed E-state index contributed by atoms with van der Waals surface area (Å²) in [4.78, 5) is 12.1. The van der Waals surface area contributed by atoms with Gasteiger partial charge < -0.3 is 14.2 Å². The zero-order valence-corrected chi connectivity index (χ0v) is 14.9. The molecule has 134 valence electrons. The summed E-state index contributed by atoms with van der Waals surface area (Å²) in [5.74, 6) is 1.08. The molecule has 3 atom stereocenters. The average Bonchev–Trinajstić information content (AvgIpc) is 2.42. The largest absolute Gasteiger partial charge is 0.456 e. The van der Waals surface area contributed by atoms with E-state index >= 15 is 0 Å². The van der Waals surface area contributed by atoms with Gasteiger partial charge in [0.2, 0.25) is 0 Å². The van der Waals surface area contributed by atoms with E-state index in [1.54, 1.807) is 6.92 Å². The molecule has 0 amide bonds. The third kappa shape index (κ3) is 3.15. The van der Waals surface area contributed by atoms with Crippen molar-refractivity contribution in [1.82, 2.24) is 0 Å². The van der Waals surface area contributed by atoms with Crippen LogP contribution in [0.25, 0.3) is 0 Å². The molecule has 5 aliphatic rings. The number of ether oxygens (including phenoxy) is 3. The molecular formula is C20H30O4. The Kier molecular flexibility index (Phi) is 4.24. The zero-order valence-electron chi connectivity index (χ0n) is 14.9. The first-order chi connectivity index (χ1) is 11.5. The highest BCUT2D eigenvalue weighted by Gasteiger charge is 2.60. The predicted octanol–water partition coefficient (Wildman–Crippen LogP) is 3.78. The predicted molar refractivity (Wildman–Crippen MR) is 90.6 cm³/mol. The minimum absolute atomic E-state index is 0.0556. The highest BCUT2D eigenvalue weighted by molar-refractivity contribution is 5.87. The summed E-state index contributed by atoms with van der Waals surface area (Å²) >= 11 is 0. The fourth-order valence-corrected chi connectivity index (χ4v) is 5.78. The fourth-order valence-electron chi connectivity index (χ4n) is 5.78. The van der Waals surface area contributed by atoms with Crippen LogP contribution in [0.2, 0.25) is 0 Å². The highest BCUT2D eigenvalue weighted by atomic mass is 16.6. The number of hydrogen-bond acceptors (Lipinski definition) is 4. The maximum Gasteiger partial charge on any atom is 0.333 e. The van der Waals surface area contributed by atoms with Crippen LogP contribution in [0.5, 0.6) is 0 Å². The first kappa shape index (κ1) is 16.6. The summed E-state index contributed by atoms with van der Waals surface area (Å²) in [6.07, 6.45) is 10.3. The third-order valence-electron chi connectivity index (χ3n) is 6.48. The van der Waals surface area contributed by atoms with Crippen LogP contribution in [-0.4, -0.2) is 36.5 Å². The van der Waals surface area contributed by atoms with Gasteiger partial charge in [-0.05, 0) is 70.1 Å². The Labute approximate surface area is 144 Å². The summed E-state index contributed by atoms with van der Waals surface area (Å²) in [5, 5.41) is 0. The molecule has 0 aromatic heterocycles. The second kappa shape index (κ2) is 6.14. The molecule has 4 bridgehead atoms. The Hall–Kier alpha value is -0.870. The maximum absolute atomic E-state index is 12.1. The van der Waals surface area contributed by atoms with E-state index in [4.69, 9.17) is 14.2 Å². The van der Waals surface area contributed by atoms with Crippen molar-refractivity contribution in [3.63, 3.8) is 0 Å². The molecule has 1 saturated heterocycles. The third-order valence-corrected chi connectivity index (χ3v) is 6.48. The summed E-state index contributed by atoms with van der Waals surface area (Å²) in [6.45, 7) is 7.21. The topological polar surface area (TPSA) is 44.8 Å². The van der Waals surface area contributed by atoms with Gasteiger partial charge in [0.1, 0.15) is 5.60 Å². The van der Waals surface area contributed by atoms with Crippen LogP contribution in [0.3, 0.4) is 0 Å². The average molecular weight is 334 g/mol. The van der Waals surface area contributed by atoms with Crippen LogP contribution in [0.15, 0.2) is 12.2 Å².